The summed E-state index contributed by atoms with van der Waals surface area (Å²) in [5.41, 5.74) is 7.02. The van der Waals surface area contributed by atoms with Gasteiger partial charge >= 0.3 is 0 Å². The van der Waals surface area contributed by atoms with Crippen LogP contribution in [0.25, 0.3) is 0 Å². The molecule has 2 saturated heterocycles. The van der Waals surface area contributed by atoms with Crippen LogP contribution in [0.4, 0.5) is 11.4 Å². The molecule has 2 fully saturated rings. The highest BCUT2D eigenvalue weighted by Gasteiger charge is 2.30. The number of carbonyl (C=O) groups excluding carboxylic acids is 1. The standard InChI is InChI=1S/C42H48Cl4N4O7/c43-32-11-9-30(21-34(32)45)55-28-13-17-49(18-14-28)24-27(51)26-54-40-8-4-2-6-37(40)48-42(53)23-41(57-39-7-3-1-5-36(39)47)38(52)25-50-19-15-29(16-20-50)56-31-10-12-33(44)35(46)22-31/h1-12,21-22,27-29,38,41,51-52H,13-20,23-26,47H2,(H,48,53). The number of para-hydroxylation sites is 4. The fourth-order valence-electron chi connectivity index (χ4n) is 6.91. The van der Waals surface area contributed by atoms with Gasteiger partial charge in [0.1, 0.15) is 60.1 Å². The number of likely N-dealkylation sites (tertiary alicyclic amines) is 2. The van der Waals surface area contributed by atoms with E-state index < -0.39 is 18.3 Å². The summed E-state index contributed by atoms with van der Waals surface area (Å²) in [6.07, 6.45) is 0.257. The number of nitrogens with one attached hydrogen (secondary N) is 1. The minimum atomic E-state index is -1.02. The molecular weight excluding hydrogens is 814 g/mol. The lowest BCUT2D eigenvalue weighted by Gasteiger charge is -2.35. The number of nitrogens with zero attached hydrogens (tertiary/aromatic N) is 2. The van der Waals surface area contributed by atoms with Crippen LogP contribution in [-0.2, 0) is 4.79 Å². The second-order valence-electron chi connectivity index (χ2n) is 14.4. The number of aliphatic hydroxyl groups excluding tert-OH is 2. The van der Waals surface area contributed by atoms with Gasteiger partial charge in [0.15, 0.2) is 0 Å². The molecule has 0 saturated carbocycles. The summed E-state index contributed by atoms with van der Waals surface area (Å²) >= 11 is 24.4. The van der Waals surface area contributed by atoms with Crippen LogP contribution >= 0.6 is 46.4 Å². The number of carbonyl (C=O) groups is 1. The third kappa shape index (κ3) is 12.9. The first kappa shape index (κ1) is 42.9. The van der Waals surface area contributed by atoms with Crippen molar-refractivity contribution in [1.29, 1.82) is 0 Å². The molecule has 2 heterocycles. The largest absolute Gasteiger partial charge is 0.490 e. The van der Waals surface area contributed by atoms with Gasteiger partial charge in [-0.25, -0.2) is 0 Å². The molecule has 2 aliphatic rings. The highest BCUT2D eigenvalue weighted by molar-refractivity contribution is 6.42. The molecule has 3 atom stereocenters. The maximum atomic E-state index is 13.6. The molecular formula is C42H48Cl4N4O7. The van der Waals surface area contributed by atoms with E-state index in [1.54, 1.807) is 78.9 Å². The molecule has 3 unspecified atom stereocenters. The molecule has 11 nitrogen and oxygen atoms in total. The van der Waals surface area contributed by atoms with E-state index in [1.807, 2.05) is 6.07 Å². The summed E-state index contributed by atoms with van der Waals surface area (Å²) < 4.78 is 24.5. The van der Waals surface area contributed by atoms with Crippen molar-refractivity contribution in [2.45, 2.75) is 62.6 Å². The maximum absolute atomic E-state index is 13.6. The highest BCUT2D eigenvalue weighted by Crippen LogP contribution is 2.31. The summed E-state index contributed by atoms with van der Waals surface area (Å²) in [6, 6.07) is 24.5. The average molecular weight is 863 g/mol. The van der Waals surface area contributed by atoms with E-state index in [-0.39, 0.29) is 37.7 Å². The van der Waals surface area contributed by atoms with Crippen molar-refractivity contribution >= 4 is 63.7 Å². The molecule has 4 aromatic rings. The minimum Gasteiger partial charge on any atom is -0.490 e. The van der Waals surface area contributed by atoms with Gasteiger partial charge in [-0.1, -0.05) is 70.7 Å². The Kier molecular flexibility index (Phi) is 15.7. The molecule has 57 heavy (non-hydrogen) atoms. The lowest BCUT2D eigenvalue weighted by molar-refractivity contribution is -0.119. The zero-order valence-corrected chi connectivity index (χ0v) is 34.4. The Bertz CT molecular complexity index is 1930. The predicted molar refractivity (Wildman–Crippen MR) is 226 cm³/mol. The van der Waals surface area contributed by atoms with Crippen molar-refractivity contribution in [3.8, 4) is 23.0 Å². The molecule has 5 N–H and O–H groups in total. The number of nitrogen functional groups attached to an aromatic ring is 1. The van der Waals surface area contributed by atoms with E-state index in [2.05, 4.69) is 15.1 Å². The zero-order chi connectivity index (χ0) is 40.3. The number of hydrogen-bond acceptors (Lipinski definition) is 10. The van der Waals surface area contributed by atoms with Crippen molar-refractivity contribution in [3.05, 3.63) is 105 Å². The van der Waals surface area contributed by atoms with Gasteiger partial charge in [-0.2, -0.15) is 0 Å². The average Bonchev–Trinajstić information content (AvgIpc) is 3.19. The van der Waals surface area contributed by atoms with Crippen molar-refractivity contribution in [2.75, 3.05) is 56.9 Å². The molecule has 306 valence electrons. The van der Waals surface area contributed by atoms with Crippen LogP contribution in [0, 0.1) is 0 Å². The lowest BCUT2D eigenvalue weighted by atomic mass is 10.0. The summed E-state index contributed by atoms with van der Waals surface area (Å²) in [6.45, 7) is 3.61. The van der Waals surface area contributed by atoms with Crippen LogP contribution in [0.15, 0.2) is 84.9 Å². The SMILES string of the molecule is Nc1ccccc1OC(CC(=O)Nc1ccccc1OCC(O)CN1CCC(Oc2ccc(Cl)c(Cl)c2)CC1)C(O)CN1CCC(Oc2ccc(Cl)c(Cl)c2)CC1. The molecule has 0 spiro atoms. The van der Waals surface area contributed by atoms with Gasteiger partial charge in [0, 0.05) is 51.4 Å². The van der Waals surface area contributed by atoms with Crippen molar-refractivity contribution in [1.82, 2.24) is 9.80 Å². The number of rotatable bonds is 17. The summed E-state index contributed by atoms with van der Waals surface area (Å²) in [5.74, 6) is 1.75. The van der Waals surface area contributed by atoms with E-state index in [4.69, 9.17) is 71.1 Å². The molecule has 0 radical (unpaired) electrons. The molecule has 0 aromatic heterocycles. The Morgan fingerprint density at radius 2 is 1.25 bits per heavy atom. The third-order valence-corrected chi connectivity index (χ3v) is 11.5. The van der Waals surface area contributed by atoms with E-state index in [0.717, 1.165) is 38.8 Å². The monoisotopic (exact) mass is 860 g/mol. The number of anilines is 2. The van der Waals surface area contributed by atoms with Gasteiger partial charge < -0.3 is 50.0 Å². The molecule has 15 heteroatoms. The number of amides is 1. The Morgan fingerprint density at radius 1 is 0.719 bits per heavy atom. The number of hydrogen-bond donors (Lipinski definition) is 4. The van der Waals surface area contributed by atoms with Gasteiger partial charge in [-0.15, -0.1) is 0 Å². The van der Waals surface area contributed by atoms with E-state index in [0.29, 0.717) is 74.1 Å². The molecule has 0 bridgehead atoms. The minimum absolute atomic E-state index is 0.0132. The Labute approximate surface area is 353 Å². The van der Waals surface area contributed by atoms with Crippen LogP contribution in [0.2, 0.25) is 20.1 Å². The number of aliphatic hydroxyl groups is 2. The molecule has 0 aliphatic carbocycles. The highest BCUT2D eigenvalue weighted by atomic mass is 35.5. The van der Waals surface area contributed by atoms with Crippen molar-refractivity contribution in [3.63, 3.8) is 0 Å². The number of nitrogens with two attached hydrogens (primary N) is 1. The molecule has 6 rings (SSSR count). The van der Waals surface area contributed by atoms with Crippen LogP contribution in [0.3, 0.4) is 0 Å². The van der Waals surface area contributed by atoms with E-state index >= 15 is 0 Å². The summed E-state index contributed by atoms with van der Waals surface area (Å²) in [7, 11) is 0. The summed E-state index contributed by atoms with van der Waals surface area (Å²) in [4.78, 5) is 17.9. The fraction of sp³-hybridized carbons (Fsp3) is 0.405. The first-order valence-corrected chi connectivity index (χ1v) is 20.6. The van der Waals surface area contributed by atoms with Crippen LogP contribution in [0.1, 0.15) is 32.1 Å². The Hall–Kier alpha value is -3.65. The van der Waals surface area contributed by atoms with Gasteiger partial charge in [-0.3, -0.25) is 4.79 Å². The number of piperidine rings is 2. The Morgan fingerprint density at radius 3 is 1.81 bits per heavy atom. The smallest absolute Gasteiger partial charge is 0.228 e. The van der Waals surface area contributed by atoms with Crippen molar-refractivity contribution < 1.29 is 34.0 Å². The van der Waals surface area contributed by atoms with Gasteiger partial charge in [0.2, 0.25) is 5.91 Å². The summed E-state index contributed by atoms with van der Waals surface area (Å²) in [5, 5.41) is 27.1. The van der Waals surface area contributed by atoms with E-state index in [9.17, 15) is 15.0 Å². The van der Waals surface area contributed by atoms with Gasteiger partial charge in [0.05, 0.1) is 37.9 Å². The number of halogens is 4. The molecule has 2 aliphatic heterocycles. The Balaban J connectivity index is 0.985. The number of ether oxygens (including phenoxy) is 4. The first-order chi connectivity index (χ1) is 27.5. The normalized spacial score (nSPS) is 17.4. The lowest BCUT2D eigenvalue weighted by Crippen LogP contribution is -2.47. The van der Waals surface area contributed by atoms with Crippen LogP contribution in [0.5, 0.6) is 23.0 Å². The van der Waals surface area contributed by atoms with Gasteiger partial charge in [-0.05, 0) is 74.2 Å². The first-order valence-electron chi connectivity index (χ1n) is 19.1. The van der Waals surface area contributed by atoms with Crippen LogP contribution < -0.4 is 30.0 Å². The van der Waals surface area contributed by atoms with E-state index in [1.165, 1.54) is 0 Å². The maximum Gasteiger partial charge on any atom is 0.228 e. The fourth-order valence-corrected chi connectivity index (χ4v) is 7.49. The predicted octanol–water partition coefficient (Wildman–Crippen LogP) is 7.85. The topological polar surface area (TPSA) is 139 Å². The second kappa shape index (κ2) is 20.9. The van der Waals surface area contributed by atoms with Crippen molar-refractivity contribution in [2.24, 2.45) is 0 Å². The van der Waals surface area contributed by atoms with Crippen LogP contribution in [-0.4, -0.2) is 102 Å². The molecule has 4 aromatic carbocycles. The molecule has 1 amide bonds. The zero-order valence-electron chi connectivity index (χ0n) is 31.4. The second-order valence-corrected chi connectivity index (χ2v) is 16.0. The number of benzene rings is 4. The number of β-amino-alcohol motifs (C(OH)–C–C–N with tert-alkyl or cyclic N) is 2. The third-order valence-electron chi connectivity index (χ3n) is 9.98. The quantitative estimate of drug-likeness (QED) is 0.0777. The van der Waals surface area contributed by atoms with Gasteiger partial charge in [0.25, 0.3) is 0 Å².